The first-order valence-corrected chi connectivity index (χ1v) is 7.11. The van der Waals surface area contributed by atoms with Crippen LogP contribution in [0, 0.1) is 0 Å². The zero-order valence-corrected chi connectivity index (χ0v) is 12.6. The van der Waals surface area contributed by atoms with Crippen LogP contribution in [0.4, 0.5) is 5.69 Å². The zero-order chi connectivity index (χ0) is 14.5. The van der Waals surface area contributed by atoms with Crippen LogP contribution in [0.15, 0.2) is 36.7 Å². The van der Waals surface area contributed by atoms with Crippen LogP contribution < -0.4 is 5.73 Å². The summed E-state index contributed by atoms with van der Waals surface area (Å²) in [5.41, 5.74) is 9.39. The molecule has 0 saturated carbocycles. The van der Waals surface area contributed by atoms with E-state index in [0.29, 0.717) is 6.04 Å². The van der Waals surface area contributed by atoms with Crippen LogP contribution >= 0.6 is 0 Å². The highest BCUT2D eigenvalue weighted by Crippen LogP contribution is 2.15. The minimum absolute atomic E-state index is 0.492. The molecule has 2 aromatic rings. The molecule has 0 aliphatic rings. The van der Waals surface area contributed by atoms with Crippen LogP contribution in [-0.2, 0) is 20.0 Å². The van der Waals surface area contributed by atoms with Gasteiger partial charge in [0.1, 0.15) is 0 Å². The summed E-state index contributed by atoms with van der Waals surface area (Å²) >= 11 is 0. The third kappa shape index (κ3) is 3.84. The van der Waals surface area contributed by atoms with E-state index in [4.69, 9.17) is 5.73 Å². The first-order chi connectivity index (χ1) is 9.56. The SMILES string of the molecule is CC(C)N(CCc1cnn(C)c1)Cc1ccccc1N. The minimum atomic E-state index is 0.492. The summed E-state index contributed by atoms with van der Waals surface area (Å²) in [6.45, 7) is 6.35. The van der Waals surface area contributed by atoms with E-state index in [1.165, 1.54) is 11.1 Å². The van der Waals surface area contributed by atoms with Crippen molar-refractivity contribution in [2.45, 2.75) is 32.9 Å². The third-order valence-corrected chi connectivity index (χ3v) is 3.60. The Balaban J connectivity index is 1.99. The Labute approximate surface area is 121 Å². The summed E-state index contributed by atoms with van der Waals surface area (Å²) in [5.74, 6) is 0. The number of aryl methyl sites for hydroxylation is 1. The van der Waals surface area contributed by atoms with Crippen molar-refractivity contribution in [2.75, 3.05) is 12.3 Å². The van der Waals surface area contributed by atoms with Crippen LogP contribution in [0.3, 0.4) is 0 Å². The highest BCUT2D eigenvalue weighted by atomic mass is 15.2. The Bertz CT molecular complexity index is 545. The second-order valence-corrected chi connectivity index (χ2v) is 5.54. The molecule has 0 bridgehead atoms. The normalized spacial score (nSPS) is 11.4. The quantitative estimate of drug-likeness (QED) is 0.822. The van der Waals surface area contributed by atoms with Gasteiger partial charge in [-0.2, -0.15) is 5.10 Å². The first-order valence-electron chi connectivity index (χ1n) is 7.11. The van der Waals surface area contributed by atoms with Crippen LogP contribution in [0.25, 0.3) is 0 Å². The molecule has 0 saturated heterocycles. The average Bonchev–Trinajstić information content (AvgIpc) is 2.82. The van der Waals surface area contributed by atoms with Crippen molar-refractivity contribution < 1.29 is 0 Å². The lowest BCUT2D eigenvalue weighted by atomic mass is 10.1. The largest absolute Gasteiger partial charge is 0.398 e. The van der Waals surface area contributed by atoms with E-state index in [1.807, 2.05) is 36.1 Å². The fourth-order valence-electron chi connectivity index (χ4n) is 2.29. The lowest BCUT2D eigenvalue weighted by Gasteiger charge is -2.27. The summed E-state index contributed by atoms with van der Waals surface area (Å²) in [6, 6.07) is 8.59. The minimum Gasteiger partial charge on any atom is -0.398 e. The monoisotopic (exact) mass is 272 g/mol. The molecule has 108 valence electrons. The lowest BCUT2D eigenvalue weighted by molar-refractivity contribution is 0.216. The summed E-state index contributed by atoms with van der Waals surface area (Å²) in [5, 5.41) is 4.22. The standard InChI is InChI=1S/C16H24N4/c1-13(2)20(9-8-14-10-18-19(3)11-14)12-15-6-4-5-7-16(15)17/h4-7,10-11,13H,8-9,12,17H2,1-3H3. The highest BCUT2D eigenvalue weighted by Gasteiger charge is 2.12. The van der Waals surface area contributed by atoms with E-state index in [2.05, 4.69) is 36.1 Å². The Morgan fingerprint density at radius 2 is 2.05 bits per heavy atom. The lowest BCUT2D eigenvalue weighted by Crippen LogP contribution is -2.32. The molecule has 1 aromatic heterocycles. The van der Waals surface area contributed by atoms with Gasteiger partial charge in [-0.15, -0.1) is 0 Å². The zero-order valence-electron chi connectivity index (χ0n) is 12.6. The molecule has 1 aromatic carbocycles. The maximum Gasteiger partial charge on any atom is 0.0522 e. The number of hydrogen-bond donors (Lipinski definition) is 1. The number of anilines is 1. The van der Waals surface area contributed by atoms with Gasteiger partial charge in [0.15, 0.2) is 0 Å². The van der Waals surface area contributed by atoms with Crippen molar-refractivity contribution in [3.63, 3.8) is 0 Å². The van der Waals surface area contributed by atoms with E-state index in [1.54, 1.807) is 0 Å². The molecule has 20 heavy (non-hydrogen) atoms. The van der Waals surface area contributed by atoms with Gasteiger partial charge < -0.3 is 5.73 Å². The van der Waals surface area contributed by atoms with E-state index in [9.17, 15) is 0 Å². The van der Waals surface area contributed by atoms with Crippen LogP contribution in [-0.4, -0.2) is 27.3 Å². The van der Waals surface area contributed by atoms with Crippen molar-refractivity contribution in [2.24, 2.45) is 7.05 Å². The van der Waals surface area contributed by atoms with Crippen molar-refractivity contribution in [3.05, 3.63) is 47.8 Å². The van der Waals surface area contributed by atoms with Gasteiger partial charge in [-0.3, -0.25) is 9.58 Å². The second kappa shape index (κ2) is 6.57. The average molecular weight is 272 g/mol. The predicted octanol–water partition coefficient (Wildman–Crippen LogP) is 2.46. The van der Waals surface area contributed by atoms with Crippen LogP contribution in [0.1, 0.15) is 25.0 Å². The van der Waals surface area contributed by atoms with Gasteiger partial charge in [0.2, 0.25) is 0 Å². The van der Waals surface area contributed by atoms with Gasteiger partial charge in [0.05, 0.1) is 6.20 Å². The van der Waals surface area contributed by atoms with Gasteiger partial charge in [-0.05, 0) is 37.5 Å². The molecule has 1 heterocycles. The van der Waals surface area contributed by atoms with Gasteiger partial charge in [0.25, 0.3) is 0 Å². The van der Waals surface area contributed by atoms with E-state index in [0.717, 1.165) is 25.2 Å². The summed E-state index contributed by atoms with van der Waals surface area (Å²) < 4.78 is 1.85. The topological polar surface area (TPSA) is 47.1 Å². The maximum atomic E-state index is 6.04. The molecule has 0 radical (unpaired) electrons. The maximum absolute atomic E-state index is 6.04. The van der Waals surface area contributed by atoms with Gasteiger partial charge in [-0.1, -0.05) is 18.2 Å². The van der Waals surface area contributed by atoms with Crippen molar-refractivity contribution in [3.8, 4) is 0 Å². The van der Waals surface area contributed by atoms with Crippen LogP contribution in [0.5, 0.6) is 0 Å². The van der Waals surface area contributed by atoms with Gasteiger partial charge >= 0.3 is 0 Å². The van der Waals surface area contributed by atoms with Crippen molar-refractivity contribution >= 4 is 5.69 Å². The molecule has 4 nitrogen and oxygen atoms in total. The van der Waals surface area contributed by atoms with Crippen molar-refractivity contribution in [1.82, 2.24) is 14.7 Å². The van der Waals surface area contributed by atoms with E-state index in [-0.39, 0.29) is 0 Å². The molecule has 4 heteroatoms. The van der Waals surface area contributed by atoms with E-state index >= 15 is 0 Å². The van der Waals surface area contributed by atoms with Crippen molar-refractivity contribution in [1.29, 1.82) is 0 Å². The molecular formula is C16H24N4. The smallest absolute Gasteiger partial charge is 0.0522 e. The number of rotatable bonds is 6. The highest BCUT2D eigenvalue weighted by molar-refractivity contribution is 5.46. The molecule has 0 atom stereocenters. The van der Waals surface area contributed by atoms with Crippen LogP contribution in [0.2, 0.25) is 0 Å². The predicted molar refractivity (Wildman–Crippen MR) is 83.3 cm³/mol. The van der Waals surface area contributed by atoms with Gasteiger partial charge in [-0.25, -0.2) is 0 Å². The number of aromatic nitrogens is 2. The fraction of sp³-hybridized carbons (Fsp3) is 0.438. The molecule has 0 aliphatic carbocycles. The molecule has 2 rings (SSSR count). The Morgan fingerprint density at radius 3 is 2.65 bits per heavy atom. The molecule has 0 aliphatic heterocycles. The van der Waals surface area contributed by atoms with Gasteiger partial charge in [0, 0.05) is 38.1 Å². The number of para-hydroxylation sites is 1. The third-order valence-electron chi connectivity index (χ3n) is 3.60. The summed E-state index contributed by atoms with van der Waals surface area (Å²) in [4.78, 5) is 2.44. The number of nitrogens with zero attached hydrogens (tertiary/aromatic N) is 3. The first kappa shape index (κ1) is 14.6. The number of nitrogen functional groups attached to an aromatic ring is 1. The second-order valence-electron chi connectivity index (χ2n) is 5.54. The number of nitrogens with two attached hydrogens (primary N) is 1. The molecule has 0 amide bonds. The molecule has 0 spiro atoms. The molecule has 0 unspecified atom stereocenters. The molecule has 2 N–H and O–H groups in total. The summed E-state index contributed by atoms with van der Waals surface area (Å²) in [6.07, 6.45) is 5.03. The number of benzene rings is 1. The fourth-order valence-corrected chi connectivity index (χ4v) is 2.29. The number of hydrogen-bond acceptors (Lipinski definition) is 3. The Kier molecular flexibility index (Phi) is 4.79. The molecule has 0 fully saturated rings. The Hall–Kier alpha value is -1.81. The summed E-state index contributed by atoms with van der Waals surface area (Å²) in [7, 11) is 1.95. The Morgan fingerprint density at radius 1 is 1.30 bits per heavy atom. The molecular weight excluding hydrogens is 248 g/mol. The van der Waals surface area contributed by atoms with E-state index < -0.39 is 0 Å².